The van der Waals surface area contributed by atoms with Crippen molar-refractivity contribution in [1.29, 1.82) is 0 Å². The highest BCUT2D eigenvalue weighted by molar-refractivity contribution is 7.13. The maximum atomic E-state index is 14.0. The molecule has 0 saturated carbocycles. The third-order valence-corrected chi connectivity index (χ3v) is 6.84. The lowest BCUT2D eigenvalue weighted by molar-refractivity contribution is -0.893. The zero-order valence-electron chi connectivity index (χ0n) is 16.7. The minimum atomic E-state index is -1.08. The molecule has 0 amide bonds. The molecule has 9 nitrogen and oxygen atoms in total. The number of anilines is 2. The molecule has 158 valence electrons. The van der Waals surface area contributed by atoms with Crippen LogP contribution in [0.3, 0.4) is 0 Å². The molecule has 1 aromatic carbocycles. The number of likely N-dealkylation sites (tertiary alicyclic amines) is 1. The maximum Gasteiger partial charge on any atom is 0.339 e. The Morgan fingerprint density at radius 1 is 1.47 bits per heavy atom. The predicted molar refractivity (Wildman–Crippen MR) is 113 cm³/mol. The van der Waals surface area contributed by atoms with Crippen LogP contribution in [0.15, 0.2) is 41.5 Å². The van der Waals surface area contributed by atoms with Crippen LogP contribution >= 0.6 is 11.3 Å². The minimum absolute atomic E-state index is 0.0554. The molecule has 30 heavy (non-hydrogen) atoms. The summed E-state index contributed by atoms with van der Waals surface area (Å²) in [6.07, 6.45) is 3.69. The fourth-order valence-electron chi connectivity index (χ4n) is 4.65. The third kappa shape index (κ3) is 2.95. The summed E-state index contributed by atoms with van der Waals surface area (Å²) in [5.41, 5.74) is 1.54. The molecule has 4 unspecified atom stereocenters. The second kappa shape index (κ2) is 6.95. The highest BCUT2D eigenvalue weighted by atomic mass is 32.1. The van der Waals surface area contributed by atoms with E-state index >= 15 is 0 Å². The number of hydrogen-bond donors (Lipinski definition) is 2. The molecule has 4 heterocycles. The molecular weight excluding hydrogens is 406 g/mol. The molecule has 3 aliphatic rings. The summed E-state index contributed by atoms with van der Waals surface area (Å²) in [7, 11) is 1.84. The van der Waals surface area contributed by atoms with Crippen LogP contribution in [0.1, 0.15) is 24.9 Å². The van der Waals surface area contributed by atoms with Gasteiger partial charge in [-0.3, -0.25) is 5.01 Å². The van der Waals surface area contributed by atoms with E-state index in [9.17, 15) is 15.1 Å². The Hall–Kier alpha value is -2.66. The lowest BCUT2D eigenvalue weighted by Crippen LogP contribution is -2.53. The van der Waals surface area contributed by atoms with Gasteiger partial charge < -0.3 is 25.0 Å². The Kier molecular flexibility index (Phi) is 4.47. The van der Waals surface area contributed by atoms with Crippen molar-refractivity contribution in [2.45, 2.75) is 31.7 Å². The van der Waals surface area contributed by atoms with Gasteiger partial charge in [0.05, 0.1) is 19.1 Å². The van der Waals surface area contributed by atoms with Gasteiger partial charge in [-0.25, -0.2) is 9.78 Å². The van der Waals surface area contributed by atoms with E-state index in [0.717, 1.165) is 10.8 Å². The van der Waals surface area contributed by atoms with E-state index in [-0.39, 0.29) is 24.4 Å². The highest BCUT2D eigenvalue weighted by Crippen LogP contribution is 2.50. The summed E-state index contributed by atoms with van der Waals surface area (Å²) in [5, 5.41) is 33.7. The number of aromatic nitrogens is 1. The molecule has 2 N–H and O–H groups in total. The van der Waals surface area contributed by atoms with Crippen LogP contribution in [-0.2, 0) is 4.79 Å². The van der Waals surface area contributed by atoms with Crippen LogP contribution < -0.4 is 15.1 Å². The number of benzene rings is 1. The van der Waals surface area contributed by atoms with Gasteiger partial charge in [-0.1, -0.05) is 12.1 Å². The molecule has 0 spiro atoms. The standard InChI is InChI=1S/C20H23N5O4S/c1-12-23(2)24-10-15(19(26)27)18(14-4-3-5-16(29-12)17(14)24)25(28)8-6-13(11-25)22-20-21-7-9-30-20/h3-5,7,9-10,12-13,18H,6,8,11H2,1-2H3,(H,21,22)(H,26,27). The summed E-state index contributed by atoms with van der Waals surface area (Å²) in [5.74, 6) is -0.416. The normalized spacial score (nSPS) is 30.4. The van der Waals surface area contributed by atoms with E-state index < -0.39 is 16.7 Å². The lowest BCUT2D eigenvalue weighted by Gasteiger charge is -2.51. The highest BCUT2D eigenvalue weighted by Gasteiger charge is 2.48. The topological polar surface area (TPSA) is 101 Å². The number of aliphatic carboxylic acids is 1. The number of nitrogens with one attached hydrogen (secondary N) is 1. The summed E-state index contributed by atoms with van der Waals surface area (Å²) in [6, 6.07) is 4.66. The second-order valence-electron chi connectivity index (χ2n) is 7.95. The monoisotopic (exact) mass is 429 g/mol. The van der Waals surface area contributed by atoms with Crippen molar-refractivity contribution in [2.75, 3.05) is 30.5 Å². The van der Waals surface area contributed by atoms with Crippen LogP contribution in [0.25, 0.3) is 0 Å². The maximum absolute atomic E-state index is 14.0. The van der Waals surface area contributed by atoms with E-state index in [0.29, 0.717) is 24.3 Å². The number of carbonyl (C=O) groups is 1. The molecule has 0 aliphatic carbocycles. The van der Waals surface area contributed by atoms with E-state index in [4.69, 9.17) is 4.74 Å². The number of quaternary nitrogens is 1. The first kappa shape index (κ1) is 19.3. The molecule has 1 fully saturated rings. The molecule has 0 radical (unpaired) electrons. The van der Waals surface area contributed by atoms with Crippen molar-refractivity contribution in [1.82, 2.24) is 9.99 Å². The average molecular weight is 430 g/mol. The van der Waals surface area contributed by atoms with Gasteiger partial charge in [0.15, 0.2) is 17.4 Å². The molecule has 1 saturated heterocycles. The van der Waals surface area contributed by atoms with Gasteiger partial charge in [-0.05, 0) is 13.0 Å². The third-order valence-electron chi connectivity index (χ3n) is 6.14. The van der Waals surface area contributed by atoms with Gasteiger partial charge >= 0.3 is 5.97 Å². The summed E-state index contributed by atoms with van der Waals surface area (Å²) in [6.45, 7) is 2.49. The Labute approximate surface area is 177 Å². The first-order valence-corrected chi connectivity index (χ1v) is 10.8. The molecule has 5 rings (SSSR count). The number of nitrogens with zero attached hydrogens (tertiary/aromatic N) is 4. The first-order chi connectivity index (χ1) is 14.4. The van der Waals surface area contributed by atoms with E-state index in [1.807, 2.05) is 42.6 Å². The Morgan fingerprint density at radius 3 is 3.03 bits per heavy atom. The Morgan fingerprint density at radius 2 is 2.30 bits per heavy atom. The van der Waals surface area contributed by atoms with Gasteiger partial charge in [0.2, 0.25) is 0 Å². The fraction of sp³-hybridized carbons (Fsp3) is 0.400. The van der Waals surface area contributed by atoms with E-state index in [2.05, 4.69) is 10.3 Å². The largest absolute Gasteiger partial charge is 0.632 e. The lowest BCUT2D eigenvalue weighted by atomic mass is 9.92. The number of carboxylic acids is 1. The number of ether oxygens (including phenoxy) is 1. The summed E-state index contributed by atoms with van der Waals surface area (Å²) < 4.78 is 5.38. The van der Waals surface area contributed by atoms with Gasteiger partial charge in [-0.2, -0.15) is 5.01 Å². The smallest absolute Gasteiger partial charge is 0.339 e. The quantitative estimate of drug-likeness (QED) is 0.565. The number of thiazole rings is 1. The Balaban J connectivity index is 1.55. The molecule has 2 aromatic rings. The van der Waals surface area contributed by atoms with Crippen LogP contribution in [0.2, 0.25) is 0 Å². The molecular formula is C20H23N5O4S. The van der Waals surface area contributed by atoms with Crippen LogP contribution in [0.5, 0.6) is 5.75 Å². The number of para-hydroxylation sites is 1. The second-order valence-corrected chi connectivity index (χ2v) is 8.84. The number of hydrazine groups is 1. The zero-order chi connectivity index (χ0) is 21.0. The van der Waals surface area contributed by atoms with Gasteiger partial charge in [0, 0.05) is 36.8 Å². The van der Waals surface area contributed by atoms with Crippen LogP contribution in [-0.4, -0.2) is 58.1 Å². The predicted octanol–water partition coefficient (Wildman–Crippen LogP) is 2.76. The molecule has 0 bridgehead atoms. The first-order valence-electron chi connectivity index (χ1n) is 9.88. The molecule has 4 atom stereocenters. The van der Waals surface area contributed by atoms with E-state index in [1.165, 1.54) is 11.3 Å². The van der Waals surface area contributed by atoms with Gasteiger partial charge in [0.25, 0.3) is 0 Å². The van der Waals surface area contributed by atoms with Gasteiger partial charge in [0.1, 0.15) is 17.0 Å². The summed E-state index contributed by atoms with van der Waals surface area (Å²) >= 11 is 1.49. The average Bonchev–Trinajstić information content (AvgIpc) is 3.36. The zero-order valence-corrected chi connectivity index (χ0v) is 17.5. The van der Waals surface area contributed by atoms with E-state index in [1.54, 1.807) is 17.4 Å². The minimum Gasteiger partial charge on any atom is -0.632 e. The number of rotatable bonds is 4. The number of carboxylic acid groups (broad SMARTS) is 1. The molecule has 10 heteroatoms. The SMILES string of the molecule is CC1Oc2cccc3c2N(C=C(C(=O)O)C3[N+]2([O-])CCC(Nc3nccs3)C2)N1C. The summed E-state index contributed by atoms with van der Waals surface area (Å²) in [4.78, 5) is 16.5. The van der Waals surface area contributed by atoms with Crippen molar-refractivity contribution in [3.8, 4) is 5.75 Å². The fourth-order valence-corrected chi connectivity index (χ4v) is 5.26. The van der Waals surface area contributed by atoms with Crippen molar-refractivity contribution < 1.29 is 19.3 Å². The number of hydroxylamine groups is 3. The number of hydrogen-bond acceptors (Lipinski definition) is 8. The Bertz CT molecular complexity index is 1010. The van der Waals surface area contributed by atoms with Crippen molar-refractivity contribution in [3.05, 3.63) is 52.3 Å². The van der Waals surface area contributed by atoms with Gasteiger partial charge in [-0.15, -0.1) is 11.3 Å². The van der Waals surface area contributed by atoms with Crippen molar-refractivity contribution >= 4 is 28.1 Å². The molecule has 3 aliphatic heterocycles. The molecule has 1 aromatic heterocycles. The van der Waals surface area contributed by atoms with Crippen LogP contribution in [0.4, 0.5) is 10.8 Å². The van der Waals surface area contributed by atoms with Crippen molar-refractivity contribution in [3.63, 3.8) is 0 Å². The van der Waals surface area contributed by atoms with Crippen molar-refractivity contribution in [2.24, 2.45) is 0 Å². The van der Waals surface area contributed by atoms with Crippen LogP contribution in [0, 0.1) is 5.21 Å².